The lowest BCUT2D eigenvalue weighted by atomic mass is 9.93. The largest absolute Gasteiger partial charge is 0.497 e. The Balaban J connectivity index is 2.62. The second-order valence-electron chi connectivity index (χ2n) is 6.02. The van der Waals surface area contributed by atoms with Crippen LogP contribution in [0.1, 0.15) is 38.7 Å². The number of hydrogen-bond acceptors (Lipinski definition) is 5. The molecule has 1 aromatic rings. The predicted molar refractivity (Wildman–Crippen MR) is 97.4 cm³/mol. The van der Waals surface area contributed by atoms with Crippen molar-refractivity contribution in [1.29, 1.82) is 0 Å². The zero-order valence-electron chi connectivity index (χ0n) is 15.4. The van der Waals surface area contributed by atoms with E-state index in [-0.39, 0.29) is 6.61 Å². The Morgan fingerprint density at radius 2 is 2.00 bits per heavy atom. The van der Waals surface area contributed by atoms with E-state index in [0.717, 1.165) is 24.2 Å². The first-order valence-corrected chi connectivity index (χ1v) is 8.73. The lowest BCUT2D eigenvalue weighted by Crippen LogP contribution is -2.38. The molecule has 5 nitrogen and oxygen atoms in total. The summed E-state index contributed by atoms with van der Waals surface area (Å²) in [6.07, 6.45) is 2.48. The van der Waals surface area contributed by atoms with E-state index >= 15 is 0 Å². The van der Waals surface area contributed by atoms with Crippen LogP contribution in [-0.2, 0) is 20.9 Å². The van der Waals surface area contributed by atoms with Crippen LogP contribution in [0.5, 0.6) is 5.75 Å². The highest BCUT2D eigenvalue weighted by Gasteiger charge is 2.32. The van der Waals surface area contributed by atoms with Gasteiger partial charge in [-0.1, -0.05) is 44.6 Å². The molecule has 0 spiro atoms. The Bertz CT molecular complexity index is 511. The number of carbonyl (C=O) groups excluding carboxylic acids is 1. The summed E-state index contributed by atoms with van der Waals surface area (Å²) < 4.78 is 16.0. The molecule has 0 radical (unpaired) electrons. The van der Waals surface area contributed by atoms with Crippen LogP contribution in [0.4, 0.5) is 0 Å². The average Bonchev–Trinajstić information content (AvgIpc) is 2.64. The number of carbonyl (C=O) groups is 1. The van der Waals surface area contributed by atoms with Gasteiger partial charge in [0.1, 0.15) is 12.4 Å². The average molecular weight is 350 g/mol. The van der Waals surface area contributed by atoms with Crippen molar-refractivity contribution in [1.82, 2.24) is 0 Å². The van der Waals surface area contributed by atoms with Crippen LogP contribution in [0.15, 0.2) is 36.9 Å². The predicted octanol–water partition coefficient (Wildman–Crippen LogP) is 3.50. The molecule has 1 N–H and O–H groups in total. The zero-order chi connectivity index (χ0) is 18.7. The van der Waals surface area contributed by atoms with Gasteiger partial charge in [-0.2, -0.15) is 0 Å². The molecule has 0 saturated heterocycles. The van der Waals surface area contributed by atoms with Gasteiger partial charge in [-0.25, -0.2) is 0 Å². The van der Waals surface area contributed by atoms with Gasteiger partial charge < -0.3 is 19.3 Å². The van der Waals surface area contributed by atoms with Crippen molar-refractivity contribution >= 4 is 5.97 Å². The fourth-order valence-electron chi connectivity index (χ4n) is 2.48. The van der Waals surface area contributed by atoms with Crippen molar-refractivity contribution in [3.8, 4) is 5.75 Å². The molecule has 0 saturated carbocycles. The van der Waals surface area contributed by atoms with E-state index in [1.807, 2.05) is 31.2 Å². The number of rotatable bonds is 12. The molecule has 0 amide bonds. The molecular weight excluding hydrogens is 320 g/mol. The molecule has 0 aliphatic heterocycles. The minimum atomic E-state index is -0.915. The number of unbranched alkanes of at least 4 members (excludes halogenated alkanes) is 1. The van der Waals surface area contributed by atoms with Gasteiger partial charge in [-0.05, 0) is 31.0 Å². The van der Waals surface area contributed by atoms with Crippen LogP contribution >= 0.6 is 0 Å². The van der Waals surface area contributed by atoms with Gasteiger partial charge in [0.2, 0.25) is 0 Å². The molecule has 0 aliphatic rings. The first kappa shape index (κ1) is 21.2. The van der Waals surface area contributed by atoms with Crippen LogP contribution in [-0.4, -0.2) is 37.0 Å². The third-order valence-corrected chi connectivity index (χ3v) is 4.08. The summed E-state index contributed by atoms with van der Waals surface area (Å²) in [5.74, 6) is -0.215. The molecule has 140 valence electrons. The van der Waals surface area contributed by atoms with Crippen molar-refractivity contribution < 1.29 is 24.1 Å². The van der Waals surface area contributed by atoms with E-state index in [9.17, 15) is 9.90 Å². The number of aliphatic hydroxyl groups excluding tert-OH is 1. The maximum Gasteiger partial charge on any atom is 0.311 e. The van der Waals surface area contributed by atoms with Crippen LogP contribution in [0.25, 0.3) is 0 Å². The summed E-state index contributed by atoms with van der Waals surface area (Å²) in [6.45, 7) is 7.85. The first-order chi connectivity index (χ1) is 12.0. The maximum absolute atomic E-state index is 12.2. The van der Waals surface area contributed by atoms with E-state index in [1.165, 1.54) is 6.08 Å². The van der Waals surface area contributed by atoms with Crippen molar-refractivity contribution in [2.75, 3.05) is 13.7 Å². The number of hydrogen-bond donors (Lipinski definition) is 1. The molecule has 0 bridgehead atoms. The molecule has 1 aromatic carbocycles. The van der Waals surface area contributed by atoms with Crippen molar-refractivity contribution in [3.05, 3.63) is 42.5 Å². The van der Waals surface area contributed by atoms with E-state index in [2.05, 4.69) is 6.58 Å². The standard InChI is InChI=1S/C20H30O5/c1-5-7-8-18(20(22)24-13-6-2)19(21)15(3)25-14-16-9-11-17(23-4)12-10-16/h6,9-12,15,18-19,21H,2,5,7-8,13-14H2,1,3-4H3/t15-,18+,19-/m0/s1. The normalized spacial score (nSPS) is 14.4. The first-order valence-electron chi connectivity index (χ1n) is 8.73. The summed E-state index contributed by atoms with van der Waals surface area (Å²) in [5.41, 5.74) is 0.971. The number of benzene rings is 1. The number of methoxy groups -OCH3 is 1. The molecule has 1 rings (SSSR count). The Morgan fingerprint density at radius 3 is 2.56 bits per heavy atom. The quantitative estimate of drug-likeness (QED) is 0.462. The van der Waals surface area contributed by atoms with E-state index in [0.29, 0.717) is 13.0 Å². The molecule has 5 heteroatoms. The van der Waals surface area contributed by atoms with Gasteiger partial charge in [-0.3, -0.25) is 4.79 Å². The van der Waals surface area contributed by atoms with Crippen molar-refractivity contribution in [3.63, 3.8) is 0 Å². The van der Waals surface area contributed by atoms with Crippen LogP contribution < -0.4 is 4.74 Å². The molecule has 25 heavy (non-hydrogen) atoms. The highest BCUT2D eigenvalue weighted by atomic mass is 16.5. The van der Waals surface area contributed by atoms with Gasteiger partial charge >= 0.3 is 5.97 Å². The lowest BCUT2D eigenvalue weighted by molar-refractivity contribution is -0.156. The summed E-state index contributed by atoms with van der Waals surface area (Å²) in [4.78, 5) is 12.2. The third kappa shape index (κ3) is 7.28. The van der Waals surface area contributed by atoms with E-state index in [4.69, 9.17) is 14.2 Å². The Morgan fingerprint density at radius 1 is 1.32 bits per heavy atom. The van der Waals surface area contributed by atoms with Gasteiger partial charge in [0.15, 0.2) is 0 Å². The third-order valence-electron chi connectivity index (χ3n) is 4.08. The van der Waals surface area contributed by atoms with Gasteiger partial charge in [0, 0.05) is 0 Å². The fraction of sp³-hybridized carbons (Fsp3) is 0.550. The summed E-state index contributed by atoms with van der Waals surface area (Å²) >= 11 is 0. The van der Waals surface area contributed by atoms with Crippen molar-refractivity contribution in [2.24, 2.45) is 5.92 Å². The Hall–Kier alpha value is -1.85. The minimum Gasteiger partial charge on any atom is -0.497 e. The summed E-state index contributed by atoms with van der Waals surface area (Å²) in [6, 6.07) is 7.53. The SMILES string of the molecule is C=CCOC(=O)[C@H](CCCC)[C@@H](O)[C@H](C)OCc1ccc(OC)cc1. The molecular formula is C20H30O5. The lowest BCUT2D eigenvalue weighted by Gasteiger charge is -2.26. The van der Waals surface area contributed by atoms with Gasteiger partial charge in [-0.15, -0.1) is 0 Å². The van der Waals surface area contributed by atoms with Crippen LogP contribution in [0, 0.1) is 5.92 Å². The topological polar surface area (TPSA) is 65.0 Å². The van der Waals surface area contributed by atoms with E-state index < -0.39 is 24.1 Å². The molecule has 0 fully saturated rings. The zero-order valence-corrected chi connectivity index (χ0v) is 15.4. The van der Waals surface area contributed by atoms with Crippen LogP contribution in [0.3, 0.4) is 0 Å². The highest BCUT2D eigenvalue weighted by molar-refractivity contribution is 5.73. The number of ether oxygens (including phenoxy) is 3. The smallest absolute Gasteiger partial charge is 0.311 e. The minimum absolute atomic E-state index is 0.148. The van der Waals surface area contributed by atoms with Gasteiger partial charge in [0.25, 0.3) is 0 Å². The Labute approximate surface area is 150 Å². The molecule has 0 heterocycles. The fourth-order valence-corrected chi connectivity index (χ4v) is 2.48. The second kappa shape index (κ2) is 11.7. The summed E-state index contributed by atoms with van der Waals surface area (Å²) in [7, 11) is 1.62. The molecule has 0 aliphatic carbocycles. The highest BCUT2D eigenvalue weighted by Crippen LogP contribution is 2.21. The molecule has 0 unspecified atom stereocenters. The van der Waals surface area contributed by atoms with Crippen molar-refractivity contribution in [2.45, 2.75) is 51.9 Å². The second-order valence-corrected chi connectivity index (χ2v) is 6.02. The van der Waals surface area contributed by atoms with E-state index in [1.54, 1.807) is 14.0 Å². The number of esters is 1. The maximum atomic E-state index is 12.2. The van der Waals surface area contributed by atoms with Crippen LogP contribution in [0.2, 0.25) is 0 Å². The molecule has 0 aromatic heterocycles. The number of aliphatic hydroxyl groups is 1. The monoisotopic (exact) mass is 350 g/mol. The molecule has 3 atom stereocenters. The van der Waals surface area contributed by atoms with Gasteiger partial charge in [0.05, 0.1) is 31.8 Å². The summed E-state index contributed by atoms with van der Waals surface area (Å²) in [5, 5.41) is 10.6. The Kier molecular flexibility index (Phi) is 9.88.